The monoisotopic (exact) mass is 393 g/mol. The van der Waals surface area contributed by atoms with Crippen LogP contribution in [0.15, 0.2) is 41.6 Å². The van der Waals surface area contributed by atoms with Crippen molar-refractivity contribution < 1.29 is 14.9 Å². The molecule has 0 radical (unpaired) electrons. The quantitative estimate of drug-likeness (QED) is 0.450. The van der Waals surface area contributed by atoms with Gasteiger partial charge in [-0.2, -0.15) is 0 Å². The summed E-state index contributed by atoms with van der Waals surface area (Å²) >= 11 is 7.74. The molecule has 4 N–H and O–H groups in total. The molecule has 1 saturated heterocycles. The van der Waals surface area contributed by atoms with Gasteiger partial charge in [0.05, 0.1) is 6.10 Å². The molecule has 4 rings (SSSR count). The lowest BCUT2D eigenvalue weighted by Gasteiger charge is -2.17. The molecule has 8 nitrogen and oxygen atoms in total. The zero-order valence-electron chi connectivity index (χ0n) is 13.4. The number of nitrogens with zero attached hydrogens (tertiary/aromatic N) is 4. The number of aromatic nitrogens is 4. The van der Waals surface area contributed by atoms with Crippen LogP contribution in [0.25, 0.3) is 11.2 Å². The first-order chi connectivity index (χ1) is 12.6. The summed E-state index contributed by atoms with van der Waals surface area (Å²) < 4.78 is 7.32. The number of nitrogen functional groups attached to an aromatic ring is 1. The SMILES string of the molecule is Nc1ncnc2c1nc(Cl)n2[C@@H]1O[C@H](CSc2ccccc2)[C@@H](O)[C@H]1O. The number of nitrogens with two attached hydrogens (primary N) is 1. The number of anilines is 1. The molecule has 1 aromatic carbocycles. The lowest BCUT2D eigenvalue weighted by molar-refractivity contribution is -0.0287. The van der Waals surface area contributed by atoms with Crippen molar-refractivity contribution in [2.24, 2.45) is 0 Å². The maximum Gasteiger partial charge on any atom is 0.207 e. The van der Waals surface area contributed by atoms with E-state index in [0.29, 0.717) is 16.9 Å². The number of hydrogen-bond donors (Lipinski definition) is 3. The van der Waals surface area contributed by atoms with Gasteiger partial charge in [0, 0.05) is 10.6 Å². The Morgan fingerprint density at radius 3 is 2.73 bits per heavy atom. The number of benzene rings is 1. The van der Waals surface area contributed by atoms with E-state index in [2.05, 4.69) is 15.0 Å². The van der Waals surface area contributed by atoms with Gasteiger partial charge in [-0.25, -0.2) is 15.0 Å². The number of aliphatic hydroxyl groups is 2. The Morgan fingerprint density at radius 2 is 1.96 bits per heavy atom. The highest BCUT2D eigenvalue weighted by Crippen LogP contribution is 2.36. The van der Waals surface area contributed by atoms with Gasteiger partial charge in [-0.3, -0.25) is 4.57 Å². The minimum atomic E-state index is -1.18. The zero-order chi connectivity index (χ0) is 18.3. The van der Waals surface area contributed by atoms with E-state index in [1.807, 2.05) is 30.3 Å². The van der Waals surface area contributed by atoms with Gasteiger partial charge < -0.3 is 20.7 Å². The molecule has 136 valence electrons. The molecular formula is C16H16ClN5O3S. The van der Waals surface area contributed by atoms with E-state index in [4.69, 9.17) is 22.1 Å². The number of imidazole rings is 1. The third kappa shape index (κ3) is 3.01. The highest BCUT2D eigenvalue weighted by molar-refractivity contribution is 7.99. The minimum absolute atomic E-state index is 0.0554. The van der Waals surface area contributed by atoms with Crippen LogP contribution in [-0.4, -0.2) is 53.8 Å². The van der Waals surface area contributed by atoms with E-state index in [1.165, 1.54) is 22.7 Å². The fraction of sp³-hybridized carbons (Fsp3) is 0.312. The summed E-state index contributed by atoms with van der Waals surface area (Å²) in [6.45, 7) is 0. The summed E-state index contributed by atoms with van der Waals surface area (Å²) in [6, 6.07) is 9.75. The summed E-state index contributed by atoms with van der Waals surface area (Å²) in [5.41, 5.74) is 6.46. The first-order valence-electron chi connectivity index (χ1n) is 7.89. The van der Waals surface area contributed by atoms with Gasteiger partial charge in [0.15, 0.2) is 23.2 Å². The van der Waals surface area contributed by atoms with Crippen molar-refractivity contribution in [3.8, 4) is 0 Å². The normalized spacial score (nSPS) is 25.8. The van der Waals surface area contributed by atoms with E-state index in [0.717, 1.165) is 4.90 Å². The van der Waals surface area contributed by atoms with Crippen molar-refractivity contribution in [1.29, 1.82) is 0 Å². The van der Waals surface area contributed by atoms with Gasteiger partial charge in [-0.1, -0.05) is 18.2 Å². The summed E-state index contributed by atoms with van der Waals surface area (Å²) in [6.07, 6.45) is -2.45. The Bertz CT molecular complexity index is 925. The highest BCUT2D eigenvalue weighted by Gasteiger charge is 2.45. The summed E-state index contributed by atoms with van der Waals surface area (Å²) in [7, 11) is 0. The third-order valence-corrected chi connectivity index (χ3v) is 5.58. The third-order valence-electron chi connectivity index (χ3n) is 4.21. The largest absolute Gasteiger partial charge is 0.387 e. The van der Waals surface area contributed by atoms with Crippen LogP contribution in [0.5, 0.6) is 0 Å². The Labute approximate surface area is 158 Å². The highest BCUT2D eigenvalue weighted by atomic mass is 35.5. The molecular weight excluding hydrogens is 378 g/mol. The molecule has 2 aromatic heterocycles. The van der Waals surface area contributed by atoms with Crippen molar-refractivity contribution in [3.63, 3.8) is 0 Å². The lowest BCUT2D eigenvalue weighted by Crippen LogP contribution is -2.32. The number of aliphatic hydroxyl groups excluding tert-OH is 2. The topological polar surface area (TPSA) is 119 Å². The van der Waals surface area contributed by atoms with E-state index < -0.39 is 24.5 Å². The van der Waals surface area contributed by atoms with Gasteiger partial charge in [-0.05, 0) is 23.7 Å². The number of halogens is 1. The second kappa shape index (κ2) is 7.01. The number of ether oxygens (including phenoxy) is 1. The maximum absolute atomic E-state index is 10.5. The molecule has 0 aliphatic carbocycles. The molecule has 10 heteroatoms. The Balaban J connectivity index is 1.59. The van der Waals surface area contributed by atoms with Crippen LogP contribution in [0.3, 0.4) is 0 Å². The van der Waals surface area contributed by atoms with Crippen LogP contribution in [-0.2, 0) is 4.74 Å². The predicted molar refractivity (Wildman–Crippen MR) is 97.8 cm³/mol. The van der Waals surface area contributed by atoms with E-state index >= 15 is 0 Å². The van der Waals surface area contributed by atoms with Gasteiger partial charge in [0.25, 0.3) is 0 Å². The summed E-state index contributed by atoms with van der Waals surface area (Å²) in [4.78, 5) is 13.2. The molecule has 1 aliphatic rings. The van der Waals surface area contributed by atoms with Gasteiger partial charge in [0.2, 0.25) is 5.28 Å². The second-order valence-corrected chi connectivity index (χ2v) is 7.28. The maximum atomic E-state index is 10.5. The molecule has 1 fully saturated rings. The molecule has 0 bridgehead atoms. The fourth-order valence-corrected chi connectivity index (χ4v) is 4.14. The smallest absolute Gasteiger partial charge is 0.207 e. The molecule has 0 saturated carbocycles. The van der Waals surface area contributed by atoms with Crippen LogP contribution in [0.2, 0.25) is 5.28 Å². The molecule has 1 aliphatic heterocycles. The van der Waals surface area contributed by atoms with Crippen molar-refractivity contribution in [1.82, 2.24) is 19.5 Å². The fourth-order valence-electron chi connectivity index (χ4n) is 2.90. The average molecular weight is 394 g/mol. The predicted octanol–water partition coefficient (Wildman–Crippen LogP) is 1.47. The van der Waals surface area contributed by atoms with Crippen LogP contribution in [0.1, 0.15) is 6.23 Å². The Kier molecular flexibility index (Phi) is 4.72. The van der Waals surface area contributed by atoms with Crippen molar-refractivity contribution in [2.75, 3.05) is 11.5 Å². The molecule has 3 aromatic rings. The number of hydrogen-bond acceptors (Lipinski definition) is 8. The Hall–Kier alpha value is -1.91. The van der Waals surface area contributed by atoms with Gasteiger partial charge >= 0.3 is 0 Å². The number of fused-ring (bicyclic) bond motifs is 1. The van der Waals surface area contributed by atoms with Crippen LogP contribution in [0, 0.1) is 0 Å². The first kappa shape index (κ1) is 17.5. The molecule has 0 amide bonds. The second-order valence-electron chi connectivity index (χ2n) is 5.85. The Morgan fingerprint density at radius 1 is 1.19 bits per heavy atom. The van der Waals surface area contributed by atoms with Gasteiger partial charge in [-0.15, -0.1) is 11.8 Å². The van der Waals surface area contributed by atoms with Crippen molar-refractivity contribution in [3.05, 3.63) is 41.9 Å². The summed E-state index contributed by atoms with van der Waals surface area (Å²) in [5, 5.41) is 20.9. The molecule has 0 spiro atoms. The molecule has 0 unspecified atom stereocenters. The molecule has 26 heavy (non-hydrogen) atoms. The molecule has 3 heterocycles. The van der Waals surface area contributed by atoms with Crippen molar-refractivity contribution >= 4 is 40.3 Å². The molecule has 4 atom stereocenters. The van der Waals surface area contributed by atoms with E-state index in [-0.39, 0.29) is 11.1 Å². The van der Waals surface area contributed by atoms with Crippen LogP contribution >= 0.6 is 23.4 Å². The van der Waals surface area contributed by atoms with Crippen LogP contribution < -0.4 is 5.73 Å². The lowest BCUT2D eigenvalue weighted by atomic mass is 10.1. The average Bonchev–Trinajstić information content (AvgIpc) is 3.12. The van der Waals surface area contributed by atoms with Gasteiger partial charge in [0.1, 0.15) is 18.5 Å². The zero-order valence-corrected chi connectivity index (χ0v) is 15.0. The number of rotatable bonds is 4. The summed E-state index contributed by atoms with van der Waals surface area (Å²) in [5.74, 6) is 0.653. The van der Waals surface area contributed by atoms with E-state index in [1.54, 1.807) is 0 Å². The van der Waals surface area contributed by atoms with E-state index in [9.17, 15) is 10.2 Å². The standard InChI is InChI=1S/C16H16ClN5O3S/c17-16-21-10-13(18)19-7-20-14(10)22(16)15-12(24)11(23)9(25-15)6-26-8-4-2-1-3-5-8/h1-5,7,9,11-12,15,23-24H,6H2,(H2,18,19,20)/t9-,11-,12-,15-/m1/s1. The van der Waals surface area contributed by atoms with Crippen LogP contribution in [0.4, 0.5) is 5.82 Å². The number of thioether (sulfide) groups is 1. The van der Waals surface area contributed by atoms with Crippen molar-refractivity contribution in [2.45, 2.75) is 29.4 Å². The minimum Gasteiger partial charge on any atom is -0.387 e. The first-order valence-corrected chi connectivity index (χ1v) is 9.26.